The number of aromatic nitrogens is 1. The summed E-state index contributed by atoms with van der Waals surface area (Å²) in [6.07, 6.45) is 2.03. The molecule has 1 aromatic heterocycles. The van der Waals surface area contributed by atoms with Crippen molar-refractivity contribution in [2.24, 2.45) is 7.05 Å². The summed E-state index contributed by atoms with van der Waals surface area (Å²) in [5, 5.41) is 3.12. The van der Waals surface area contributed by atoms with Crippen molar-refractivity contribution in [1.29, 1.82) is 0 Å². The van der Waals surface area contributed by atoms with Crippen LogP contribution < -0.4 is 0 Å². The quantitative estimate of drug-likeness (QED) is 0.566. The normalized spacial score (nSPS) is 10.7. The lowest BCUT2D eigenvalue weighted by atomic mass is 10.2. The summed E-state index contributed by atoms with van der Waals surface area (Å²) in [6.45, 7) is 0. The number of nitrogens with zero attached hydrogens (tertiary/aromatic N) is 1. The molecule has 2 rings (SSSR count). The minimum Gasteiger partial charge on any atom is -0.341 e. The molecule has 1 heterocycles. The highest BCUT2D eigenvalue weighted by atomic mass is 35.5. The minimum atomic E-state index is 0.806. The first kappa shape index (κ1) is 6.74. The van der Waals surface area contributed by atoms with Crippen LogP contribution in [0, 0.1) is 0 Å². The molecule has 0 aliphatic heterocycles. The molecule has 0 saturated heterocycles. The Labute approximate surface area is 70.2 Å². The molecule has 2 heteroatoms. The van der Waals surface area contributed by atoms with E-state index in [0.717, 1.165) is 10.5 Å². The summed E-state index contributed by atoms with van der Waals surface area (Å²) in [5.74, 6) is 0. The first-order valence-electron chi connectivity index (χ1n) is 3.48. The SMILES string of the molecule is Cn1cc2ccccc2c1Cl. The second-order valence-corrected chi connectivity index (χ2v) is 2.98. The Kier molecular flexibility index (Phi) is 1.40. The zero-order valence-corrected chi connectivity index (χ0v) is 6.97. The molecule has 56 valence electrons. The van der Waals surface area contributed by atoms with Crippen molar-refractivity contribution in [3.05, 3.63) is 35.6 Å². The van der Waals surface area contributed by atoms with E-state index < -0.39 is 0 Å². The van der Waals surface area contributed by atoms with Gasteiger partial charge in [-0.3, -0.25) is 0 Å². The van der Waals surface area contributed by atoms with E-state index in [-0.39, 0.29) is 0 Å². The summed E-state index contributed by atoms with van der Waals surface area (Å²) in [6, 6.07) is 8.09. The highest BCUT2D eigenvalue weighted by Crippen LogP contribution is 2.23. The number of fused-ring (bicyclic) bond motifs is 1. The Morgan fingerprint density at radius 2 is 2.00 bits per heavy atom. The van der Waals surface area contributed by atoms with Gasteiger partial charge in [0.15, 0.2) is 0 Å². The third-order valence-electron chi connectivity index (χ3n) is 1.83. The van der Waals surface area contributed by atoms with Gasteiger partial charge in [-0.25, -0.2) is 0 Å². The van der Waals surface area contributed by atoms with E-state index in [2.05, 4.69) is 6.07 Å². The average molecular weight is 166 g/mol. The summed E-state index contributed by atoms with van der Waals surface area (Å²) in [4.78, 5) is 0. The maximum Gasteiger partial charge on any atom is 0.116 e. The summed E-state index contributed by atoms with van der Waals surface area (Å²) >= 11 is 6.00. The van der Waals surface area contributed by atoms with E-state index in [4.69, 9.17) is 11.6 Å². The number of aryl methyl sites for hydroxylation is 1. The highest BCUT2D eigenvalue weighted by molar-refractivity contribution is 6.34. The number of halogens is 1. The van der Waals surface area contributed by atoms with E-state index in [1.807, 2.05) is 36.0 Å². The molecule has 1 aromatic carbocycles. The van der Waals surface area contributed by atoms with Gasteiger partial charge in [-0.15, -0.1) is 0 Å². The first-order valence-corrected chi connectivity index (χ1v) is 3.86. The molecular formula is C9H8ClN. The summed E-state index contributed by atoms with van der Waals surface area (Å²) < 4.78 is 1.92. The molecule has 0 spiro atoms. The monoisotopic (exact) mass is 165 g/mol. The molecular weight excluding hydrogens is 158 g/mol. The van der Waals surface area contributed by atoms with Crippen molar-refractivity contribution < 1.29 is 0 Å². The average Bonchev–Trinajstić information content (AvgIpc) is 2.30. The molecule has 0 bridgehead atoms. The molecule has 0 saturated carbocycles. The van der Waals surface area contributed by atoms with Gasteiger partial charge in [-0.2, -0.15) is 0 Å². The van der Waals surface area contributed by atoms with E-state index in [1.54, 1.807) is 0 Å². The third-order valence-corrected chi connectivity index (χ3v) is 2.30. The first-order chi connectivity index (χ1) is 5.29. The number of hydrogen-bond acceptors (Lipinski definition) is 0. The van der Waals surface area contributed by atoms with E-state index in [0.29, 0.717) is 0 Å². The standard InChI is InChI=1S/C9H8ClN/c1-11-6-7-4-2-3-5-8(7)9(11)10/h2-6H,1H3. The minimum absolute atomic E-state index is 0.806. The number of hydrogen-bond donors (Lipinski definition) is 0. The Balaban J connectivity index is 2.92. The van der Waals surface area contributed by atoms with E-state index in [1.165, 1.54) is 5.39 Å². The van der Waals surface area contributed by atoms with Crippen molar-refractivity contribution in [1.82, 2.24) is 4.57 Å². The predicted octanol–water partition coefficient (Wildman–Crippen LogP) is 2.83. The van der Waals surface area contributed by atoms with Crippen LogP contribution in [0.5, 0.6) is 0 Å². The molecule has 0 unspecified atom stereocenters. The largest absolute Gasteiger partial charge is 0.341 e. The van der Waals surface area contributed by atoms with Crippen molar-refractivity contribution >= 4 is 22.4 Å². The van der Waals surface area contributed by atoms with Crippen LogP contribution in [0.2, 0.25) is 5.15 Å². The molecule has 0 aliphatic rings. The second kappa shape index (κ2) is 2.28. The summed E-state index contributed by atoms with van der Waals surface area (Å²) in [7, 11) is 1.95. The molecule has 0 aliphatic carbocycles. The molecule has 0 amide bonds. The van der Waals surface area contributed by atoms with Crippen LogP contribution in [-0.2, 0) is 7.05 Å². The molecule has 1 nitrogen and oxygen atoms in total. The summed E-state index contributed by atoms with van der Waals surface area (Å²) in [5.41, 5.74) is 0. The molecule has 2 aromatic rings. The third kappa shape index (κ3) is 0.925. The lowest BCUT2D eigenvalue weighted by Crippen LogP contribution is -1.80. The van der Waals surface area contributed by atoms with Gasteiger partial charge in [-0.05, 0) is 0 Å². The fraction of sp³-hybridized carbons (Fsp3) is 0.111. The van der Waals surface area contributed by atoms with Gasteiger partial charge >= 0.3 is 0 Å². The molecule has 0 fully saturated rings. The lowest BCUT2D eigenvalue weighted by Gasteiger charge is -1.90. The van der Waals surface area contributed by atoms with Gasteiger partial charge in [0.25, 0.3) is 0 Å². The van der Waals surface area contributed by atoms with Crippen molar-refractivity contribution in [2.45, 2.75) is 0 Å². The molecule has 0 radical (unpaired) electrons. The number of benzene rings is 1. The van der Waals surface area contributed by atoms with E-state index >= 15 is 0 Å². The Morgan fingerprint density at radius 3 is 2.73 bits per heavy atom. The zero-order chi connectivity index (χ0) is 7.84. The Morgan fingerprint density at radius 1 is 1.27 bits per heavy atom. The van der Waals surface area contributed by atoms with Crippen LogP contribution in [-0.4, -0.2) is 4.57 Å². The van der Waals surface area contributed by atoms with Crippen LogP contribution in [0.3, 0.4) is 0 Å². The topological polar surface area (TPSA) is 4.93 Å². The zero-order valence-electron chi connectivity index (χ0n) is 6.21. The Hall–Kier alpha value is -0.950. The van der Waals surface area contributed by atoms with E-state index in [9.17, 15) is 0 Å². The van der Waals surface area contributed by atoms with Gasteiger partial charge in [0.2, 0.25) is 0 Å². The van der Waals surface area contributed by atoms with Crippen LogP contribution in [0.1, 0.15) is 0 Å². The predicted molar refractivity (Wildman–Crippen MR) is 47.9 cm³/mol. The van der Waals surface area contributed by atoms with Crippen molar-refractivity contribution in [2.75, 3.05) is 0 Å². The smallest absolute Gasteiger partial charge is 0.116 e. The van der Waals surface area contributed by atoms with Gasteiger partial charge in [0, 0.05) is 24.0 Å². The van der Waals surface area contributed by atoms with Crippen LogP contribution in [0.25, 0.3) is 10.8 Å². The van der Waals surface area contributed by atoms with Crippen molar-refractivity contribution in [3.63, 3.8) is 0 Å². The van der Waals surface area contributed by atoms with Gasteiger partial charge in [0.1, 0.15) is 5.15 Å². The van der Waals surface area contributed by atoms with Gasteiger partial charge in [-0.1, -0.05) is 35.9 Å². The lowest BCUT2D eigenvalue weighted by molar-refractivity contribution is 0.934. The molecule has 11 heavy (non-hydrogen) atoms. The Bertz CT molecular complexity index is 389. The fourth-order valence-electron chi connectivity index (χ4n) is 1.25. The van der Waals surface area contributed by atoms with Crippen LogP contribution in [0.15, 0.2) is 30.5 Å². The van der Waals surface area contributed by atoms with Gasteiger partial charge < -0.3 is 4.57 Å². The highest BCUT2D eigenvalue weighted by Gasteiger charge is 2.01. The van der Waals surface area contributed by atoms with Crippen molar-refractivity contribution in [3.8, 4) is 0 Å². The fourth-order valence-corrected chi connectivity index (χ4v) is 1.47. The number of rotatable bonds is 0. The second-order valence-electron chi connectivity index (χ2n) is 2.62. The molecule has 0 N–H and O–H groups in total. The maximum atomic E-state index is 6.00. The maximum absolute atomic E-state index is 6.00. The van der Waals surface area contributed by atoms with Crippen LogP contribution >= 0.6 is 11.6 Å². The molecule has 0 atom stereocenters. The van der Waals surface area contributed by atoms with Gasteiger partial charge in [0.05, 0.1) is 0 Å². The van der Waals surface area contributed by atoms with Crippen LogP contribution in [0.4, 0.5) is 0 Å².